The van der Waals surface area contributed by atoms with Crippen molar-refractivity contribution in [2.75, 3.05) is 51.8 Å². The molecule has 1 fully saturated rings. The number of benzene rings is 1. The highest BCUT2D eigenvalue weighted by atomic mass is 35.5. The molecule has 1 aliphatic rings. The summed E-state index contributed by atoms with van der Waals surface area (Å²) in [6.45, 7) is 0.785. The number of anilines is 1. The standard InChI is InChI=1S/C15H20ClN3O6S/c1-18(4-7-20)15(22)14(21)17-13-10-11(2-3-12(13)16)26(23,24)19-5-8-25-9-6-19/h2-3,10,20H,4-9H2,1H3,(H,17,21). The van der Waals surface area contributed by atoms with E-state index in [-0.39, 0.29) is 41.8 Å². The first-order valence-corrected chi connectivity index (χ1v) is 9.64. The number of rotatable bonds is 5. The molecular formula is C15H20ClN3O6S. The van der Waals surface area contributed by atoms with E-state index < -0.39 is 21.8 Å². The lowest BCUT2D eigenvalue weighted by molar-refractivity contribution is -0.142. The molecule has 2 amide bonds. The summed E-state index contributed by atoms with van der Waals surface area (Å²) >= 11 is 6.01. The van der Waals surface area contributed by atoms with E-state index in [1.165, 1.54) is 29.6 Å². The molecule has 144 valence electrons. The normalized spacial score (nSPS) is 15.5. The number of aliphatic hydroxyl groups excluding tert-OH is 1. The van der Waals surface area contributed by atoms with Crippen molar-refractivity contribution in [3.05, 3.63) is 23.2 Å². The third-order valence-electron chi connectivity index (χ3n) is 3.77. The predicted molar refractivity (Wildman–Crippen MR) is 94.4 cm³/mol. The predicted octanol–water partition coefficient (Wildman–Crippen LogP) is -0.250. The van der Waals surface area contributed by atoms with Crippen molar-refractivity contribution in [3.8, 4) is 0 Å². The highest BCUT2D eigenvalue weighted by molar-refractivity contribution is 7.89. The smallest absolute Gasteiger partial charge is 0.313 e. The zero-order valence-electron chi connectivity index (χ0n) is 14.1. The molecule has 0 bridgehead atoms. The maximum atomic E-state index is 12.7. The van der Waals surface area contributed by atoms with Gasteiger partial charge in [-0.2, -0.15) is 4.31 Å². The van der Waals surface area contributed by atoms with Crippen molar-refractivity contribution >= 4 is 39.1 Å². The van der Waals surface area contributed by atoms with E-state index >= 15 is 0 Å². The van der Waals surface area contributed by atoms with Crippen LogP contribution in [0, 0.1) is 0 Å². The number of hydrogen-bond acceptors (Lipinski definition) is 6. The van der Waals surface area contributed by atoms with Crippen molar-refractivity contribution in [1.82, 2.24) is 9.21 Å². The van der Waals surface area contributed by atoms with Crippen LogP contribution in [-0.4, -0.2) is 81.0 Å². The number of ether oxygens (including phenoxy) is 1. The largest absolute Gasteiger partial charge is 0.395 e. The quantitative estimate of drug-likeness (QED) is 0.652. The van der Waals surface area contributed by atoms with Gasteiger partial charge in [-0.15, -0.1) is 0 Å². The second kappa shape index (κ2) is 8.78. The van der Waals surface area contributed by atoms with Crippen molar-refractivity contribution in [3.63, 3.8) is 0 Å². The van der Waals surface area contributed by atoms with Gasteiger partial charge in [0.15, 0.2) is 0 Å². The van der Waals surface area contributed by atoms with Crippen LogP contribution in [-0.2, 0) is 24.3 Å². The summed E-state index contributed by atoms with van der Waals surface area (Å²) in [4.78, 5) is 24.9. The lowest BCUT2D eigenvalue weighted by atomic mass is 10.3. The average Bonchev–Trinajstić information content (AvgIpc) is 2.63. The summed E-state index contributed by atoms with van der Waals surface area (Å²) in [7, 11) is -2.41. The van der Waals surface area contributed by atoms with Gasteiger partial charge in [0.2, 0.25) is 10.0 Å². The lowest BCUT2D eigenvalue weighted by Gasteiger charge is -2.26. The molecule has 1 heterocycles. The Morgan fingerprint density at radius 1 is 1.35 bits per heavy atom. The van der Waals surface area contributed by atoms with Gasteiger partial charge >= 0.3 is 11.8 Å². The first kappa shape index (κ1) is 20.6. The third-order valence-corrected chi connectivity index (χ3v) is 5.99. The molecule has 0 aromatic heterocycles. The van der Waals surface area contributed by atoms with Gasteiger partial charge in [-0.25, -0.2) is 8.42 Å². The van der Waals surface area contributed by atoms with E-state index in [0.717, 1.165) is 4.90 Å². The minimum atomic E-state index is -3.77. The van der Waals surface area contributed by atoms with Crippen LogP contribution in [0.25, 0.3) is 0 Å². The summed E-state index contributed by atoms with van der Waals surface area (Å²) in [5.41, 5.74) is 0.0109. The number of likely N-dealkylation sites (N-methyl/N-ethyl adjacent to an activating group) is 1. The van der Waals surface area contributed by atoms with Crippen LogP contribution in [0.4, 0.5) is 5.69 Å². The fourth-order valence-electron chi connectivity index (χ4n) is 2.30. The van der Waals surface area contributed by atoms with E-state index in [9.17, 15) is 18.0 Å². The summed E-state index contributed by atoms with van der Waals surface area (Å²) in [6, 6.07) is 3.89. The Kier molecular flexibility index (Phi) is 6.95. The van der Waals surface area contributed by atoms with Crippen LogP contribution in [0.5, 0.6) is 0 Å². The van der Waals surface area contributed by atoms with E-state index in [1.807, 2.05) is 0 Å². The SMILES string of the molecule is CN(CCO)C(=O)C(=O)Nc1cc(S(=O)(=O)N2CCOCC2)ccc1Cl. The Hall–Kier alpha value is -1.72. The number of carbonyl (C=O) groups is 2. The van der Waals surface area contributed by atoms with Gasteiger partial charge in [-0.1, -0.05) is 11.6 Å². The third kappa shape index (κ3) is 4.71. The molecule has 0 spiro atoms. The Balaban J connectivity index is 2.21. The molecule has 1 aliphatic heterocycles. The highest BCUT2D eigenvalue weighted by Crippen LogP contribution is 2.27. The number of halogens is 1. The van der Waals surface area contributed by atoms with Gasteiger partial charge in [0, 0.05) is 26.7 Å². The Morgan fingerprint density at radius 3 is 2.62 bits per heavy atom. The summed E-state index contributed by atoms with van der Waals surface area (Å²) in [6.07, 6.45) is 0. The highest BCUT2D eigenvalue weighted by Gasteiger charge is 2.27. The number of carbonyl (C=O) groups excluding carboxylic acids is 2. The van der Waals surface area contributed by atoms with E-state index in [4.69, 9.17) is 21.4 Å². The van der Waals surface area contributed by atoms with Gasteiger partial charge in [-0.3, -0.25) is 9.59 Å². The molecule has 1 aromatic carbocycles. The number of sulfonamides is 1. The lowest BCUT2D eigenvalue weighted by Crippen LogP contribution is -2.40. The molecule has 11 heteroatoms. The van der Waals surface area contributed by atoms with Crippen molar-refractivity contribution < 1.29 is 27.9 Å². The second-order valence-corrected chi connectivity index (χ2v) is 7.91. The Bertz CT molecular complexity index is 780. The van der Waals surface area contributed by atoms with Crippen molar-refractivity contribution in [2.45, 2.75) is 4.90 Å². The second-order valence-electron chi connectivity index (χ2n) is 5.56. The van der Waals surface area contributed by atoms with E-state index in [0.29, 0.717) is 13.2 Å². The van der Waals surface area contributed by atoms with Crippen LogP contribution < -0.4 is 5.32 Å². The summed E-state index contributed by atoms with van der Waals surface area (Å²) in [5.74, 6) is -1.86. The van der Waals surface area contributed by atoms with Crippen LogP contribution in [0.3, 0.4) is 0 Å². The van der Waals surface area contributed by atoms with Crippen LogP contribution in [0.1, 0.15) is 0 Å². The molecule has 2 rings (SSSR count). The zero-order valence-corrected chi connectivity index (χ0v) is 15.7. The minimum Gasteiger partial charge on any atom is -0.395 e. The molecule has 0 aliphatic carbocycles. The molecular weight excluding hydrogens is 386 g/mol. The number of nitrogens with one attached hydrogen (secondary N) is 1. The molecule has 1 saturated heterocycles. The van der Waals surface area contributed by atoms with Gasteiger partial charge in [0.1, 0.15) is 0 Å². The number of amides is 2. The Labute approximate surface area is 156 Å². The zero-order chi connectivity index (χ0) is 19.3. The first-order chi connectivity index (χ1) is 12.3. The molecule has 2 N–H and O–H groups in total. The van der Waals surface area contributed by atoms with Crippen LogP contribution in [0.15, 0.2) is 23.1 Å². The van der Waals surface area contributed by atoms with E-state index in [2.05, 4.69) is 5.32 Å². The van der Waals surface area contributed by atoms with Crippen molar-refractivity contribution in [2.24, 2.45) is 0 Å². The number of nitrogens with zero attached hydrogens (tertiary/aromatic N) is 2. The molecule has 0 unspecified atom stereocenters. The number of morpholine rings is 1. The maximum absolute atomic E-state index is 12.7. The maximum Gasteiger partial charge on any atom is 0.313 e. The fraction of sp³-hybridized carbons (Fsp3) is 0.467. The summed E-state index contributed by atoms with van der Waals surface area (Å²) in [5, 5.41) is 11.2. The van der Waals surface area contributed by atoms with Crippen LogP contribution in [0.2, 0.25) is 5.02 Å². The minimum absolute atomic E-state index is 0.00850. The number of aliphatic hydroxyl groups is 1. The molecule has 26 heavy (non-hydrogen) atoms. The summed E-state index contributed by atoms with van der Waals surface area (Å²) < 4.78 is 31.8. The van der Waals surface area contributed by atoms with Gasteiger partial charge in [-0.05, 0) is 18.2 Å². The topological polar surface area (TPSA) is 116 Å². The Morgan fingerprint density at radius 2 is 2.00 bits per heavy atom. The van der Waals surface area contributed by atoms with Gasteiger partial charge < -0.3 is 20.1 Å². The molecule has 9 nitrogen and oxygen atoms in total. The monoisotopic (exact) mass is 405 g/mol. The molecule has 1 aromatic rings. The number of hydrogen-bond donors (Lipinski definition) is 2. The van der Waals surface area contributed by atoms with Crippen LogP contribution >= 0.6 is 11.6 Å². The van der Waals surface area contributed by atoms with Gasteiger partial charge in [0.05, 0.1) is 35.4 Å². The molecule has 0 radical (unpaired) electrons. The molecule has 0 saturated carbocycles. The van der Waals surface area contributed by atoms with Crippen molar-refractivity contribution in [1.29, 1.82) is 0 Å². The fourth-order valence-corrected chi connectivity index (χ4v) is 3.90. The van der Waals surface area contributed by atoms with E-state index in [1.54, 1.807) is 0 Å². The van der Waals surface area contributed by atoms with Gasteiger partial charge in [0.25, 0.3) is 0 Å². The average molecular weight is 406 g/mol. The first-order valence-electron chi connectivity index (χ1n) is 7.82. The molecule has 0 atom stereocenters.